The average Bonchev–Trinajstić information content (AvgIpc) is 3.11. The number of nitrogens with zero attached hydrogens (tertiary/aromatic N) is 4. The first-order valence-corrected chi connectivity index (χ1v) is 12.3. The number of aromatic nitrogens is 3. The van der Waals surface area contributed by atoms with Crippen molar-refractivity contribution in [1.82, 2.24) is 14.2 Å². The normalized spacial score (nSPS) is 12.5. The first-order valence-electron chi connectivity index (χ1n) is 11.5. The number of fused-ring (bicyclic) bond motifs is 1. The van der Waals surface area contributed by atoms with E-state index in [0.717, 1.165) is 39.3 Å². The van der Waals surface area contributed by atoms with Gasteiger partial charge >= 0.3 is 0 Å². The second-order valence-electron chi connectivity index (χ2n) is 8.39. The molecule has 2 heterocycles. The van der Waals surface area contributed by atoms with Gasteiger partial charge in [0.1, 0.15) is 11.6 Å². The van der Waals surface area contributed by atoms with Crippen LogP contribution in [0.1, 0.15) is 55.9 Å². The molecule has 0 aliphatic heterocycles. The van der Waals surface area contributed by atoms with E-state index in [1.54, 1.807) is 12.3 Å². The zero-order valence-corrected chi connectivity index (χ0v) is 21.8. The Balaban J connectivity index is 1.78. The van der Waals surface area contributed by atoms with E-state index in [0.29, 0.717) is 23.3 Å². The Labute approximate surface area is 208 Å². The van der Waals surface area contributed by atoms with E-state index < -0.39 is 0 Å². The molecule has 0 amide bonds. The molecule has 176 valence electrons. The maximum absolute atomic E-state index is 13.4. The number of hydrogen-bond acceptors (Lipinski definition) is 4. The summed E-state index contributed by atoms with van der Waals surface area (Å²) < 4.78 is 10.0. The van der Waals surface area contributed by atoms with Gasteiger partial charge in [0.2, 0.25) is 0 Å². The number of hydrogen-bond donors (Lipinski definition) is 0. The molecule has 0 aliphatic rings. The van der Waals surface area contributed by atoms with E-state index in [1.165, 1.54) is 4.68 Å². The molecule has 1 atom stereocenters. The van der Waals surface area contributed by atoms with Crippen LogP contribution in [0.4, 0.5) is 0 Å². The quantitative estimate of drug-likeness (QED) is 0.266. The maximum atomic E-state index is 13.4. The Hall–Kier alpha value is -3.19. The summed E-state index contributed by atoms with van der Waals surface area (Å²) in [5, 5.41) is 5.18. The van der Waals surface area contributed by atoms with E-state index in [4.69, 9.17) is 9.72 Å². The highest BCUT2D eigenvalue weighted by molar-refractivity contribution is 9.10. The van der Waals surface area contributed by atoms with Gasteiger partial charge in [0, 0.05) is 33.0 Å². The molecular weight excluding hydrogens is 492 g/mol. The van der Waals surface area contributed by atoms with E-state index in [9.17, 15) is 4.79 Å². The Kier molecular flexibility index (Phi) is 7.03. The lowest BCUT2D eigenvalue weighted by molar-refractivity contribution is 0.340. The highest BCUT2D eigenvalue weighted by atomic mass is 79.9. The van der Waals surface area contributed by atoms with Crippen LogP contribution in [-0.2, 0) is 0 Å². The largest absolute Gasteiger partial charge is 0.494 e. The van der Waals surface area contributed by atoms with Crippen molar-refractivity contribution in [3.63, 3.8) is 0 Å². The lowest BCUT2D eigenvalue weighted by atomic mass is 10.1. The molecule has 2 aromatic carbocycles. The molecular formula is C27H29BrN4O2. The Morgan fingerprint density at radius 2 is 1.85 bits per heavy atom. The van der Waals surface area contributed by atoms with Gasteiger partial charge in [0.05, 0.1) is 23.7 Å². The average molecular weight is 521 g/mol. The van der Waals surface area contributed by atoms with Gasteiger partial charge < -0.3 is 9.30 Å². The molecule has 4 aromatic rings. The van der Waals surface area contributed by atoms with Crippen molar-refractivity contribution in [2.24, 2.45) is 5.10 Å². The third kappa shape index (κ3) is 4.57. The monoisotopic (exact) mass is 520 g/mol. The summed E-state index contributed by atoms with van der Waals surface area (Å²) >= 11 is 3.46. The highest BCUT2D eigenvalue weighted by Crippen LogP contribution is 2.23. The van der Waals surface area contributed by atoms with Gasteiger partial charge in [-0.2, -0.15) is 9.78 Å². The summed E-state index contributed by atoms with van der Waals surface area (Å²) in [6.45, 7) is 10.9. The van der Waals surface area contributed by atoms with Crippen molar-refractivity contribution >= 4 is 33.0 Å². The Bertz CT molecular complexity index is 1420. The SMILES string of the molecule is CCOc1ccc(-n2c(C)cc(C=Nn3c([C@H](C)CC)nc4ccc(Br)cc4c3=O)c2C)cc1. The van der Waals surface area contributed by atoms with Crippen molar-refractivity contribution in [2.75, 3.05) is 6.61 Å². The summed E-state index contributed by atoms with van der Waals surface area (Å²) in [5.74, 6) is 1.61. The summed E-state index contributed by atoms with van der Waals surface area (Å²) in [4.78, 5) is 18.2. The summed E-state index contributed by atoms with van der Waals surface area (Å²) in [7, 11) is 0. The first kappa shape index (κ1) is 24.0. The minimum absolute atomic E-state index is 0.0918. The van der Waals surface area contributed by atoms with E-state index >= 15 is 0 Å². The van der Waals surface area contributed by atoms with Crippen molar-refractivity contribution in [1.29, 1.82) is 0 Å². The second kappa shape index (κ2) is 9.97. The van der Waals surface area contributed by atoms with Gasteiger partial charge in [-0.05, 0) is 75.7 Å². The summed E-state index contributed by atoms with van der Waals surface area (Å²) in [6.07, 6.45) is 2.61. The highest BCUT2D eigenvalue weighted by Gasteiger charge is 2.16. The van der Waals surface area contributed by atoms with Gasteiger partial charge in [-0.15, -0.1) is 0 Å². The molecule has 0 bridgehead atoms. The van der Waals surface area contributed by atoms with Crippen LogP contribution >= 0.6 is 15.9 Å². The fourth-order valence-electron chi connectivity index (χ4n) is 4.07. The molecule has 0 N–H and O–H groups in total. The van der Waals surface area contributed by atoms with Crippen LogP contribution in [0.15, 0.2) is 62.9 Å². The van der Waals surface area contributed by atoms with Crippen LogP contribution in [0.5, 0.6) is 5.75 Å². The first-order chi connectivity index (χ1) is 16.3. The summed E-state index contributed by atoms with van der Waals surface area (Å²) in [5.41, 5.74) is 4.63. The van der Waals surface area contributed by atoms with Gasteiger partial charge in [-0.1, -0.05) is 29.8 Å². The molecule has 2 aromatic heterocycles. The number of ether oxygens (including phenoxy) is 1. The fraction of sp³-hybridized carbons (Fsp3) is 0.296. The van der Waals surface area contributed by atoms with E-state index in [-0.39, 0.29) is 11.5 Å². The third-order valence-corrected chi connectivity index (χ3v) is 6.57. The smallest absolute Gasteiger partial charge is 0.282 e. The fourth-order valence-corrected chi connectivity index (χ4v) is 4.43. The lowest BCUT2D eigenvalue weighted by Crippen LogP contribution is -2.23. The zero-order chi connectivity index (χ0) is 24.4. The number of aryl methyl sites for hydroxylation is 1. The minimum atomic E-state index is -0.168. The van der Waals surface area contributed by atoms with Crippen LogP contribution in [0.25, 0.3) is 16.6 Å². The topological polar surface area (TPSA) is 61.4 Å². The van der Waals surface area contributed by atoms with Gasteiger partial charge in [0.15, 0.2) is 0 Å². The van der Waals surface area contributed by atoms with Gasteiger partial charge in [0.25, 0.3) is 5.56 Å². The predicted molar refractivity (Wildman–Crippen MR) is 142 cm³/mol. The molecule has 0 aliphatic carbocycles. The van der Waals surface area contributed by atoms with Crippen LogP contribution in [0.2, 0.25) is 0 Å². The molecule has 0 fully saturated rings. The molecule has 6 nitrogen and oxygen atoms in total. The predicted octanol–water partition coefficient (Wildman–Crippen LogP) is 6.36. The summed E-state index contributed by atoms with van der Waals surface area (Å²) in [6, 6.07) is 15.7. The Morgan fingerprint density at radius 1 is 1.12 bits per heavy atom. The molecule has 0 saturated carbocycles. The number of rotatable bonds is 7. The van der Waals surface area contributed by atoms with Crippen LogP contribution < -0.4 is 10.3 Å². The maximum Gasteiger partial charge on any atom is 0.282 e. The van der Waals surface area contributed by atoms with E-state index in [2.05, 4.69) is 59.4 Å². The van der Waals surface area contributed by atoms with E-state index in [1.807, 2.05) is 43.3 Å². The van der Waals surface area contributed by atoms with Gasteiger partial charge in [-0.25, -0.2) is 4.98 Å². The van der Waals surface area contributed by atoms with Crippen molar-refractivity contribution in [3.05, 3.63) is 86.1 Å². The second-order valence-corrected chi connectivity index (χ2v) is 9.31. The van der Waals surface area contributed by atoms with Crippen LogP contribution in [0, 0.1) is 13.8 Å². The van der Waals surface area contributed by atoms with Crippen molar-refractivity contribution in [2.45, 2.75) is 47.0 Å². The standard InChI is InChI=1S/C27H29BrN4O2/c1-6-17(3)26-30-25-13-8-21(28)15-24(25)27(33)32(26)29-16-20-14-18(4)31(19(20)5)22-9-11-23(12-10-22)34-7-2/h8-17H,6-7H2,1-5H3/t17-/m1/s1. The van der Waals surface area contributed by atoms with Gasteiger partial charge in [-0.3, -0.25) is 4.79 Å². The molecule has 4 rings (SSSR count). The number of benzene rings is 2. The molecule has 0 spiro atoms. The van der Waals surface area contributed by atoms with Crippen molar-refractivity contribution < 1.29 is 4.74 Å². The molecule has 0 saturated heterocycles. The van der Waals surface area contributed by atoms with Crippen LogP contribution in [0.3, 0.4) is 0 Å². The minimum Gasteiger partial charge on any atom is -0.494 e. The molecule has 34 heavy (non-hydrogen) atoms. The zero-order valence-electron chi connectivity index (χ0n) is 20.2. The third-order valence-electron chi connectivity index (χ3n) is 6.08. The van der Waals surface area contributed by atoms with Crippen molar-refractivity contribution in [3.8, 4) is 11.4 Å². The molecule has 0 radical (unpaired) electrons. The lowest BCUT2D eigenvalue weighted by Gasteiger charge is -2.14. The number of halogens is 1. The Morgan fingerprint density at radius 3 is 2.53 bits per heavy atom. The molecule has 0 unspecified atom stereocenters. The van der Waals surface area contributed by atoms with Crippen LogP contribution in [-0.4, -0.2) is 27.0 Å². The molecule has 7 heteroatoms.